The highest BCUT2D eigenvalue weighted by Crippen LogP contribution is 2.30. The van der Waals surface area contributed by atoms with Crippen LogP contribution in [0, 0.1) is 10.6 Å². The third kappa shape index (κ3) is 3.39. The zero-order chi connectivity index (χ0) is 12.3. The predicted molar refractivity (Wildman–Crippen MR) is 74.6 cm³/mol. The lowest BCUT2D eigenvalue weighted by Crippen LogP contribution is -2.36. The van der Waals surface area contributed by atoms with E-state index in [-0.39, 0.29) is 0 Å². The average molecular weight is 250 g/mol. The van der Waals surface area contributed by atoms with Crippen LogP contribution in [0.2, 0.25) is 0 Å². The van der Waals surface area contributed by atoms with Crippen LogP contribution in [0.1, 0.15) is 44.7 Å². The molecule has 0 saturated carbocycles. The Labute approximate surface area is 109 Å². The van der Waals surface area contributed by atoms with Crippen LogP contribution in [0.15, 0.2) is 18.3 Å². The molecule has 1 aromatic heterocycles. The van der Waals surface area contributed by atoms with E-state index in [4.69, 9.17) is 12.2 Å². The number of nitrogens with zero attached hydrogens (tertiary/aromatic N) is 1. The van der Waals surface area contributed by atoms with Gasteiger partial charge in [0, 0.05) is 18.8 Å². The summed E-state index contributed by atoms with van der Waals surface area (Å²) >= 11 is 5.10. The van der Waals surface area contributed by atoms with Crippen molar-refractivity contribution in [2.24, 2.45) is 5.92 Å². The molecule has 1 saturated heterocycles. The second-order valence-electron chi connectivity index (χ2n) is 5.39. The van der Waals surface area contributed by atoms with E-state index in [1.165, 1.54) is 37.9 Å². The van der Waals surface area contributed by atoms with Crippen molar-refractivity contribution in [3.63, 3.8) is 0 Å². The molecule has 1 aliphatic rings. The maximum atomic E-state index is 5.10. The summed E-state index contributed by atoms with van der Waals surface area (Å²) in [6, 6.07) is 4.77. The normalized spacial score (nSPS) is 21.9. The number of hydrogen-bond acceptors (Lipinski definition) is 2. The van der Waals surface area contributed by atoms with Gasteiger partial charge in [0.1, 0.15) is 4.64 Å². The van der Waals surface area contributed by atoms with Gasteiger partial charge in [-0.25, -0.2) is 0 Å². The molecular weight excluding hydrogens is 228 g/mol. The summed E-state index contributed by atoms with van der Waals surface area (Å²) in [6.07, 6.45) is 6.05. The molecule has 1 N–H and O–H groups in total. The van der Waals surface area contributed by atoms with Crippen LogP contribution >= 0.6 is 12.2 Å². The summed E-state index contributed by atoms with van der Waals surface area (Å²) in [5.74, 6) is 0.734. The molecule has 0 aliphatic carbocycles. The second kappa shape index (κ2) is 5.78. The minimum atomic E-state index is 0.581. The van der Waals surface area contributed by atoms with Gasteiger partial charge in [-0.1, -0.05) is 38.6 Å². The molecule has 1 aromatic rings. The number of likely N-dealkylation sites (tertiary alicyclic amines) is 1. The largest absolute Gasteiger partial charge is 0.353 e. The summed E-state index contributed by atoms with van der Waals surface area (Å²) in [7, 11) is 0. The van der Waals surface area contributed by atoms with E-state index in [0.717, 1.165) is 10.6 Å². The van der Waals surface area contributed by atoms with Crippen LogP contribution in [-0.4, -0.2) is 23.0 Å². The van der Waals surface area contributed by atoms with E-state index in [0.29, 0.717) is 6.04 Å². The minimum Gasteiger partial charge on any atom is -0.353 e. The van der Waals surface area contributed by atoms with Gasteiger partial charge in [-0.05, 0) is 36.9 Å². The van der Waals surface area contributed by atoms with Crippen LogP contribution in [0.5, 0.6) is 0 Å². The summed E-state index contributed by atoms with van der Waals surface area (Å²) in [5, 5.41) is 0. The summed E-state index contributed by atoms with van der Waals surface area (Å²) < 4.78 is 0.819. The molecule has 17 heavy (non-hydrogen) atoms. The summed E-state index contributed by atoms with van der Waals surface area (Å²) in [5.41, 5.74) is 1.39. The lowest BCUT2D eigenvalue weighted by molar-refractivity contribution is 0.132. The van der Waals surface area contributed by atoms with Crippen LogP contribution in [0.25, 0.3) is 0 Å². The first-order valence-electron chi connectivity index (χ1n) is 6.59. The van der Waals surface area contributed by atoms with E-state index in [2.05, 4.69) is 36.0 Å². The average Bonchev–Trinajstić information content (AvgIpc) is 2.30. The highest BCUT2D eigenvalue weighted by atomic mass is 32.1. The number of hydrogen-bond donors (Lipinski definition) is 1. The number of piperidine rings is 1. The van der Waals surface area contributed by atoms with Crippen LogP contribution < -0.4 is 0 Å². The Morgan fingerprint density at radius 1 is 1.41 bits per heavy atom. The first kappa shape index (κ1) is 12.8. The van der Waals surface area contributed by atoms with Crippen molar-refractivity contribution < 1.29 is 0 Å². The number of nitrogens with one attached hydrogen (secondary N) is 1. The topological polar surface area (TPSA) is 19.0 Å². The van der Waals surface area contributed by atoms with Gasteiger partial charge in [0.2, 0.25) is 0 Å². The van der Waals surface area contributed by atoms with Crippen LogP contribution in [0.3, 0.4) is 0 Å². The van der Waals surface area contributed by atoms with E-state index >= 15 is 0 Å². The zero-order valence-corrected chi connectivity index (χ0v) is 11.6. The lowest BCUT2D eigenvalue weighted by atomic mass is 9.95. The second-order valence-corrected chi connectivity index (χ2v) is 5.83. The van der Waals surface area contributed by atoms with Crippen molar-refractivity contribution in [2.75, 3.05) is 13.1 Å². The number of aromatic amines is 1. The molecule has 0 spiro atoms. The first-order valence-corrected chi connectivity index (χ1v) is 7.00. The van der Waals surface area contributed by atoms with Gasteiger partial charge in [-0.15, -0.1) is 0 Å². The molecule has 1 aliphatic heterocycles. The smallest absolute Gasteiger partial charge is 0.103 e. The molecule has 0 bridgehead atoms. The Morgan fingerprint density at radius 2 is 2.24 bits per heavy atom. The van der Waals surface area contributed by atoms with Crippen LogP contribution in [0.4, 0.5) is 0 Å². The summed E-state index contributed by atoms with van der Waals surface area (Å²) in [4.78, 5) is 5.78. The number of rotatable bonds is 3. The van der Waals surface area contributed by atoms with E-state index < -0.39 is 0 Å². The fraction of sp³-hybridized carbons (Fsp3) is 0.643. The fourth-order valence-corrected chi connectivity index (χ4v) is 2.81. The van der Waals surface area contributed by atoms with E-state index in [9.17, 15) is 0 Å². The van der Waals surface area contributed by atoms with Crippen molar-refractivity contribution in [1.29, 1.82) is 0 Å². The number of pyridine rings is 1. The van der Waals surface area contributed by atoms with Gasteiger partial charge >= 0.3 is 0 Å². The highest BCUT2D eigenvalue weighted by Gasteiger charge is 2.24. The third-order valence-corrected chi connectivity index (χ3v) is 3.66. The van der Waals surface area contributed by atoms with E-state index in [1.54, 1.807) is 0 Å². The zero-order valence-electron chi connectivity index (χ0n) is 10.8. The molecule has 0 amide bonds. The molecule has 0 aromatic carbocycles. The Kier molecular flexibility index (Phi) is 4.35. The molecule has 0 unspecified atom stereocenters. The molecule has 2 heterocycles. The lowest BCUT2D eigenvalue weighted by Gasteiger charge is -2.37. The monoisotopic (exact) mass is 250 g/mol. The van der Waals surface area contributed by atoms with Crippen molar-refractivity contribution in [2.45, 2.75) is 39.2 Å². The predicted octanol–water partition coefficient (Wildman–Crippen LogP) is 3.93. The van der Waals surface area contributed by atoms with Crippen molar-refractivity contribution in [1.82, 2.24) is 9.88 Å². The van der Waals surface area contributed by atoms with Crippen molar-refractivity contribution in [3.8, 4) is 0 Å². The molecule has 94 valence electrons. The van der Waals surface area contributed by atoms with Crippen molar-refractivity contribution in [3.05, 3.63) is 28.5 Å². The molecule has 2 rings (SSSR count). The molecule has 1 atom stereocenters. The Bertz CT molecular complexity index is 390. The third-order valence-electron chi connectivity index (χ3n) is 3.41. The Balaban J connectivity index is 2.15. The van der Waals surface area contributed by atoms with Gasteiger partial charge in [-0.2, -0.15) is 0 Å². The Hall–Kier alpha value is -0.670. The molecule has 1 fully saturated rings. The van der Waals surface area contributed by atoms with Gasteiger partial charge in [0.25, 0.3) is 0 Å². The maximum absolute atomic E-state index is 5.10. The van der Waals surface area contributed by atoms with Crippen LogP contribution in [-0.2, 0) is 0 Å². The quantitative estimate of drug-likeness (QED) is 0.820. The SMILES string of the molecule is CC(C)CN1CCCC[C@H]1c1ccc(=S)[nH]c1. The number of aromatic nitrogens is 1. The Morgan fingerprint density at radius 3 is 2.88 bits per heavy atom. The molecular formula is C14H22N2S. The summed E-state index contributed by atoms with van der Waals surface area (Å²) in [6.45, 7) is 7.02. The molecule has 0 radical (unpaired) electrons. The maximum Gasteiger partial charge on any atom is 0.103 e. The van der Waals surface area contributed by atoms with Gasteiger partial charge in [-0.3, -0.25) is 4.90 Å². The number of H-pyrrole nitrogens is 1. The fourth-order valence-electron chi connectivity index (χ4n) is 2.69. The van der Waals surface area contributed by atoms with Gasteiger partial charge < -0.3 is 4.98 Å². The molecule has 2 nitrogen and oxygen atoms in total. The van der Waals surface area contributed by atoms with Gasteiger partial charge in [0.15, 0.2) is 0 Å². The van der Waals surface area contributed by atoms with Crippen molar-refractivity contribution >= 4 is 12.2 Å². The molecule has 3 heteroatoms. The first-order chi connectivity index (χ1) is 8.16. The van der Waals surface area contributed by atoms with Gasteiger partial charge in [0.05, 0.1) is 0 Å². The van der Waals surface area contributed by atoms with E-state index in [1.807, 2.05) is 6.07 Å². The minimum absolute atomic E-state index is 0.581. The highest BCUT2D eigenvalue weighted by molar-refractivity contribution is 7.71. The standard InChI is InChI=1S/C14H22N2S/c1-11(2)10-16-8-4-3-5-13(16)12-6-7-14(17)15-9-12/h6-7,9,11,13H,3-5,8,10H2,1-2H3,(H,15,17)/t13-/m0/s1.